The molecule has 0 unspecified atom stereocenters. The van der Waals surface area contributed by atoms with Gasteiger partial charge in [0.15, 0.2) is 0 Å². The molecular formula is C24H32Cl2N2O2Ti. The van der Waals surface area contributed by atoms with Crippen molar-refractivity contribution >= 4 is 30.4 Å². The van der Waals surface area contributed by atoms with Gasteiger partial charge in [-0.2, -0.15) is 0 Å². The minimum atomic E-state index is -4.32. The van der Waals surface area contributed by atoms with Crippen molar-refractivity contribution in [2.75, 3.05) is 13.1 Å². The first-order valence-corrected chi connectivity index (χ1v) is 16.5. The Kier molecular flexibility index (Phi) is 10.1. The third-order valence-corrected chi connectivity index (χ3v) is 11.8. The molecule has 0 radical (unpaired) electrons. The summed E-state index contributed by atoms with van der Waals surface area (Å²) in [7, 11) is 14.2. The van der Waals surface area contributed by atoms with Crippen molar-refractivity contribution in [2.45, 2.75) is 40.5 Å². The molecule has 0 N–H and O–H groups in total. The summed E-state index contributed by atoms with van der Waals surface area (Å²) in [5.41, 5.74) is 1.05. The van der Waals surface area contributed by atoms with E-state index in [4.69, 9.17) is 18.6 Å². The Morgan fingerprint density at radius 1 is 0.710 bits per heavy atom. The van der Waals surface area contributed by atoms with E-state index in [1.807, 2.05) is 36.4 Å². The molecule has 0 aliphatic carbocycles. The zero-order chi connectivity index (χ0) is 23.0. The van der Waals surface area contributed by atoms with Crippen LogP contribution in [0.25, 0.3) is 0 Å². The molecule has 31 heavy (non-hydrogen) atoms. The zero-order valence-electron chi connectivity index (χ0n) is 18.7. The molecule has 7 heteroatoms. The first-order valence-electron chi connectivity index (χ1n) is 10.8. The van der Waals surface area contributed by atoms with Crippen LogP contribution in [0.1, 0.15) is 61.3 Å². The number of carbonyl (C=O) groups is 2. The maximum atomic E-state index is 13.5. The number of hydrogen-bond donors (Lipinski definition) is 0. The Morgan fingerprint density at radius 3 is 1.32 bits per heavy atom. The van der Waals surface area contributed by atoms with Crippen LogP contribution in [0.2, 0.25) is 0 Å². The topological polar surface area (TPSA) is 40.6 Å². The van der Waals surface area contributed by atoms with Crippen molar-refractivity contribution in [1.29, 1.82) is 0 Å². The third kappa shape index (κ3) is 7.35. The Balaban J connectivity index is 2.46. The van der Waals surface area contributed by atoms with E-state index >= 15 is 0 Å². The number of amides is 2. The molecular weight excluding hydrogens is 467 g/mol. The van der Waals surface area contributed by atoms with Gasteiger partial charge in [0.1, 0.15) is 0 Å². The van der Waals surface area contributed by atoms with Crippen LogP contribution in [0, 0.1) is 11.8 Å². The molecule has 0 fully saturated rings. The summed E-state index contributed by atoms with van der Waals surface area (Å²) in [6.07, 6.45) is 1.51. The standard InChI is InChI=1S/2C12H17NO.2ClH.Ti/c2*1-10(2)8-9-13-12(14)11-6-4-3-5-7-11;;;/h2*3-7,10H,8-9H2,1-2H3,(H,13,14);2*1H;/q;;;;+4/p-4. The van der Waals surface area contributed by atoms with Crippen molar-refractivity contribution < 1.29 is 24.6 Å². The van der Waals surface area contributed by atoms with E-state index in [0.29, 0.717) is 36.1 Å². The van der Waals surface area contributed by atoms with E-state index in [2.05, 4.69) is 27.7 Å². The van der Waals surface area contributed by atoms with E-state index in [-0.39, 0.29) is 11.8 Å². The van der Waals surface area contributed by atoms with Crippen molar-refractivity contribution in [3.05, 3.63) is 71.8 Å². The van der Waals surface area contributed by atoms with Crippen molar-refractivity contribution in [3.8, 4) is 0 Å². The van der Waals surface area contributed by atoms with Crippen molar-refractivity contribution in [3.63, 3.8) is 0 Å². The minimum absolute atomic E-state index is 0.221. The molecule has 0 atom stereocenters. The van der Waals surface area contributed by atoms with Gasteiger partial charge in [0.25, 0.3) is 0 Å². The van der Waals surface area contributed by atoms with Gasteiger partial charge in [-0.3, -0.25) is 0 Å². The maximum absolute atomic E-state index is 13.5. The van der Waals surface area contributed by atoms with Gasteiger partial charge in [0, 0.05) is 0 Å². The van der Waals surface area contributed by atoms with Crippen LogP contribution in [0.15, 0.2) is 60.7 Å². The van der Waals surface area contributed by atoms with Gasteiger partial charge in [-0.15, -0.1) is 0 Å². The molecule has 0 aliphatic rings. The average Bonchev–Trinajstić information content (AvgIpc) is 2.74. The first-order chi connectivity index (χ1) is 14.6. The molecule has 4 nitrogen and oxygen atoms in total. The second-order valence-corrected chi connectivity index (χ2v) is 16.9. The van der Waals surface area contributed by atoms with Crippen LogP contribution in [-0.4, -0.2) is 31.7 Å². The average molecular weight is 499 g/mol. The van der Waals surface area contributed by atoms with E-state index in [1.165, 1.54) is 0 Å². The monoisotopic (exact) mass is 498 g/mol. The quantitative estimate of drug-likeness (QED) is 0.344. The molecule has 0 aliphatic heterocycles. The summed E-state index contributed by atoms with van der Waals surface area (Å²) in [6, 6.07) is 18.0. The fraction of sp³-hybridized carbons (Fsp3) is 0.417. The van der Waals surface area contributed by atoms with Crippen molar-refractivity contribution in [2.24, 2.45) is 11.8 Å². The van der Waals surface area contributed by atoms with E-state index in [1.54, 1.807) is 31.0 Å². The van der Waals surface area contributed by atoms with Crippen molar-refractivity contribution in [1.82, 2.24) is 6.76 Å². The predicted molar refractivity (Wildman–Crippen MR) is 126 cm³/mol. The number of benzene rings is 2. The van der Waals surface area contributed by atoms with Crippen LogP contribution in [0.5, 0.6) is 0 Å². The molecule has 0 bridgehead atoms. The summed E-state index contributed by atoms with van der Waals surface area (Å²) in [5, 5.41) is 0. The Hall–Kier alpha value is -1.33. The Labute approximate surface area is 198 Å². The molecule has 0 saturated heterocycles. The molecule has 0 aromatic heterocycles. The molecule has 168 valence electrons. The number of hydrogen-bond acceptors (Lipinski definition) is 2. The van der Waals surface area contributed by atoms with Gasteiger partial charge in [0.2, 0.25) is 0 Å². The molecule has 2 aromatic carbocycles. The summed E-state index contributed by atoms with van der Waals surface area (Å²) >= 11 is -4.32. The Bertz CT molecular complexity index is 776. The second kappa shape index (κ2) is 12.1. The first kappa shape index (κ1) is 25.9. The normalized spacial score (nSPS) is 11.6. The number of halogens is 2. The molecule has 0 spiro atoms. The van der Waals surface area contributed by atoms with Gasteiger partial charge in [0.05, 0.1) is 0 Å². The molecule has 0 saturated carbocycles. The van der Waals surface area contributed by atoms with Gasteiger partial charge in [-0.25, -0.2) is 0 Å². The fourth-order valence-electron chi connectivity index (χ4n) is 3.11. The van der Waals surface area contributed by atoms with Crippen LogP contribution >= 0.6 is 18.6 Å². The molecule has 2 aromatic rings. The van der Waals surface area contributed by atoms with Gasteiger partial charge >= 0.3 is 199 Å². The van der Waals surface area contributed by atoms with Crippen LogP contribution in [0.3, 0.4) is 0 Å². The van der Waals surface area contributed by atoms with E-state index < -0.39 is 15.0 Å². The van der Waals surface area contributed by atoms with E-state index in [0.717, 1.165) is 12.8 Å². The molecule has 2 amide bonds. The summed E-state index contributed by atoms with van der Waals surface area (Å²) < 4.78 is 3.19. The summed E-state index contributed by atoms with van der Waals surface area (Å²) in [6.45, 7) is 9.20. The number of carbonyl (C=O) groups excluding carboxylic acids is 2. The van der Waals surface area contributed by atoms with Gasteiger partial charge < -0.3 is 0 Å². The van der Waals surface area contributed by atoms with Crippen LogP contribution in [0.4, 0.5) is 0 Å². The summed E-state index contributed by atoms with van der Waals surface area (Å²) in [4.78, 5) is 26.9. The SMILES string of the molecule is CC(C)CC[N](C(=O)c1ccccc1)[Ti]([Cl])([Cl])[N](CCC(C)C)C(=O)c1ccccc1. The van der Waals surface area contributed by atoms with Crippen LogP contribution in [-0.2, 0) is 15.0 Å². The van der Waals surface area contributed by atoms with Gasteiger partial charge in [-0.1, -0.05) is 0 Å². The Morgan fingerprint density at radius 2 is 1.03 bits per heavy atom. The molecule has 0 heterocycles. The number of nitrogens with zero attached hydrogens (tertiary/aromatic N) is 2. The second-order valence-electron chi connectivity index (χ2n) is 8.52. The zero-order valence-corrected chi connectivity index (χ0v) is 21.8. The van der Waals surface area contributed by atoms with Crippen LogP contribution < -0.4 is 0 Å². The predicted octanol–water partition coefficient (Wildman–Crippen LogP) is 6.65. The van der Waals surface area contributed by atoms with E-state index in [9.17, 15) is 9.59 Å². The molecule has 2 rings (SSSR count). The summed E-state index contributed by atoms with van der Waals surface area (Å²) in [5.74, 6) is 0.293. The third-order valence-electron chi connectivity index (χ3n) is 5.04. The number of rotatable bonds is 10. The van der Waals surface area contributed by atoms with Gasteiger partial charge in [-0.05, 0) is 0 Å². The fourth-order valence-corrected chi connectivity index (χ4v) is 8.63.